The molecule has 0 atom stereocenters. The second-order valence-corrected chi connectivity index (χ2v) is 6.00. The van der Waals surface area contributed by atoms with Crippen LogP contribution in [0.3, 0.4) is 0 Å². The first-order valence-corrected chi connectivity index (χ1v) is 8.25. The largest absolute Gasteiger partial charge is 0.493 e. The molecule has 1 N–H and O–H groups in total. The van der Waals surface area contributed by atoms with E-state index in [1.54, 1.807) is 19.1 Å². The van der Waals surface area contributed by atoms with Gasteiger partial charge in [0.25, 0.3) is 11.8 Å². The van der Waals surface area contributed by atoms with E-state index in [4.69, 9.17) is 9.47 Å². The molecule has 0 unspecified atom stereocenters. The van der Waals surface area contributed by atoms with Gasteiger partial charge in [-0.3, -0.25) is 14.9 Å². The second-order valence-electron chi connectivity index (χ2n) is 6.00. The molecule has 0 aromatic heterocycles. The standard InChI is InChI=1S/C20H17FN2O5/c1-11-7-16(27-2)17(28-3)9-12(11)8-15-18(24)22-20(26)23(19(15)25)14-6-4-5-13(21)10-14/h4-10H,1-3H3,(H,22,24,26)/b15-8+. The van der Waals surface area contributed by atoms with Crippen LogP contribution in [0.2, 0.25) is 0 Å². The number of hydrogen-bond acceptors (Lipinski definition) is 5. The van der Waals surface area contributed by atoms with Gasteiger partial charge in [-0.15, -0.1) is 0 Å². The average Bonchev–Trinajstić information content (AvgIpc) is 2.65. The summed E-state index contributed by atoms with van der Waals surface area (Å²) in [6, 6.07) is 7.36. The molecule has 8 heteroatoms. The summed E-state index contributed by atoms with van der Waals surface area (Å²) in [6.45, 7) is 1.77. The highest BCUT2D eigenvalue weighted by molar-refractivity contribution is 6.39. The van der Waals surface area contributed by atoms with Gasteiger partial charge in [0.2, 0.25) is 0 Å². The van der Waals surface area contributed by atoms with Crippen LogP contribution in [0.5, 0.6) is 11.5 Å². The van der Waals surface area contributed by atoms with E-state index in [-0.39, 0.29) is 11.3 Å². The predicted molar refractivity (Wildman–Crippen MR) is 99.7 cm³/mol. The number of benzene rings is 2. The molecule has 0 spiro atoms. The van der Waals surface area contributed by atoms with Gasteiger partial charge in [0.1, 0.15) is 11.4 Å². The predicted octanol–water partition coefficient (Wildman–Crippen LogP) is 2.82. The van der Waals surface area contributed by atoms with E-state index >= 15 is 0 Å². The van der Waals surface area contributed by atoms with Crippen molar-refractivity contribution in [2.24, 2.45) is 0 Å². The maximum absolute atomic E-state index is 13.5. The zero-order valence-corrected chi connectivity index (χ0v) is 15.4. The Labute approximate surface area is 160 Å². The molecule has 3 rings (SSSR count). The minimum Gasteiger partial charge on any atom is -0.493 e. The monoisotopic (exact) mass is 384 g/mol. The number of halogens is 1. The van der Waals surface area contributed by atoms with Crippen LogP contribution in [0.1, 0.15) is 11.1 Å². The normalized spacial score (nSPS) is 15.6. The lowest BCUT2D eigenvalue weighted by Crippen LogP contribution is -2.54. The molecule has 28 heavy (non-hydrogen) atoms. The van der Waals surface area contributed by atoms with Gasteiger partial charge < -0.3 is 9.47 Å². The number of nitrogens with zero attached hydrogens (tertiary/aromatic N) is 1. The lowest BCUT2D eigenvalue weighted by Gasteiger charge is -2.26. The number of rotatable bonds is 4. The van der Waals surface area contributed by atoms with Crippen LogP contribution in [0.15, 0.2) is 42.0 Å². The molecule has 1 aliphatic rings. The highest BCUT2D eigenvalue weighted by atomic mass is 19.1. The summed E-state index contributed by atoms with van der Waals surface area (Å²) < 4.78 is 24.0. The fraction of sp³-hybridized carbons (Fsp3) is 0.150. The van der Waals surface area contributed by atoms with Crippen molar-refractivity contribution in [2.75, 3.05) is 19.1 Å². The molecule has 0 bridgehead atoms. The first kappa shape index (κ1) is 19.1. The zero-order chi connectivity index (χ0) is 20.4. The number of methoxy groups -OCH3 is 2. The molecule has 144 valence electrons. The van der Waals surface area contributed by atoms with Crippen molar-refractivity contribution >= 4 is 29.6 Å². The van der Waals surface area contributed by atoms with Crippen LogP contribution in [0.25, 0.3) is 6.08 Å². The highest BCUT2D eigenvalue weighted by Crippen LogP contribution is 2.32. The summed E-state index contributed by atoms with van der Waals surface area (Å²) in [5, 5.41) is 2.10. The molecule has 0 radical (unpaired) electrons. The molecule has 2 aromatic carbocycles. The van der Waals surface area contributed by atoms with E-state index in [0.29, 0.717) is 22.0 Å². The molecule has 1 heterocycles. The minimum atomic E-state index is -0.943. The van der Waals surface area contributed by atoms with Gasteiger partial charge in [-0.2, -0.15) is 0 Å². The molecular weight excluding hydrogens is 367 g/mol. The lowest BCUT2D eigenvalue weighted by molar-refractivity contribution is -0.122. The first-order chi connectivity index (χ1) is 13.3. The molecule has 0 aliphatic carbocycles. The minimum absolute atomic E-state index is 0.0185. The topological polar surface area (TPSA) is 84.9 Å². The Morgan fingerprint density at radius 2 is 1.71 bits per heavy atom. The Balaban J connectivity index is 2.07. The summed E-state index contributed by atoms with van der Waals surface area (Å²) in [5.41, 5.74) is 1.01. The molecular formula is C20H17FN2O5. The molecule has 1 saturated heterocycles. The Bertz CT molecular complexity index is 1020. The number of carbonyl (C=O) groups is 3. The van der Waals surface area contributed by atoms with Crippen LogP contribution in [-0.4, -0.2) is 32.1 Å². The van der Waals surface area contributed by atoms with Crippen molar-refractivity contribution in [2.45, 2.75) is 6.92 Å². The van der Waals surface area contributed by atoms with Gasteiger partial charge in [-0.1, -0.05) is 6.07 Å². The fourth-order valence-electron chi connectivity index (χ4n) is 2.81. The van der Waals surface area contributed by atoms with Crippen molar-refractivity contribution in [3.8, 4) is 11.5 Å². The summed E-state index contributed by atoms with van der Waals surface area (Å²) in [5.74, 6) is -1.39. The molecule has 4 amide bonds. The first-order valence-electron chi connectivity index (χ1n) is 8.25. The van der Waals surface area contributed by atoms with Gasteiger partial charge in [-0.25, -0.2) is 14.1 Å². The summed E-state index contributed by atoms with van der Waals surface area (Å²) in [7, 11) is 2.96. The maximum atomic E-state index is 13.5. The second kappa shape index (κ2) is 7.51. The fourth-order valence-corrected chi connectivity index (χ4v) is 2.81. The van der Waals surface area contributed by atoms with Crippen molar-refractivity contribution in [3.63, 3.8) is 0 Å². The van der Waals surface area contributed by atoms with Crippen molar-refractivity contribution in [1.82, 2.24) is 5.32 Å². The van der Waals surface area contributed by atoms with E-state index in [0.717, 1.165) is 11.6 Å². The number of nitrogens with one attached hydrogen (secondary N) is 1. The number of amides is 4. The van der Waals surface area contributed by atoms with Crippen molar-refractivity contribution < 1.29 is 28.2 Å². The Kier molecular flexibility index (Phi) is 5.12. The molecule has 1 aliphatic heterocycles. The number of hydrogen-bond donors (Lipinski definition) is 1. The van der Waals surface area contributed by atoms with Crippen molar-refractivity contribution in [1.29, 1.82) is 0 Å². The molecule has 2 aromatic rings. The Morgan fingerprint density at radius 3 is 2.36 bits per heavy atom. The quantitative estimate of drug-likeness (QED) is 0.647. The number of anilines is 1. The van der Waals surface area contributed by atoms with Crippen molar-refractivity contribution in [3.05, 3.63) is 58.9 Å². The van der Waals surface area contributed by atoms with E-state index in [9.17, 15) is 18.8 Å². The van der Waals surface area contributed by atoms with Gasteiger partial charge in [0, 0.05) is 0 Å². The number of aryl methyl sites for hydroxylation is 1. The van der Waals surface area contributed by atoms with E-state index in [1.807, 2.05) is 0 Å². The number of ether oxygens (including phenoxy) is 2. The number of carbonyl (C=O) groups excluding carboxylic acids is 3. The van der Waals surface area contributed by atoms with Crippen LogP contribution in [-0.2, 0) is 9.59 Å². The third-order valence-electron chi connectivity index (χ3n) is 4.24. The number of imide groups is 2. The van der Waals surface area contributed by atoms with Gasteiger partial charge >= 0.3 is 6.03 Å². The SMILES string of the molecule is COc1cc(C)c(/C=C2\C(=O)NC(=O)N(c3cccc(F)c3)C2=O)cc1OC. The van der Waals surface area contributed by atoms with Gasteiger partial charge in [-0.05, 0) is 54.5 Å². The zero-order valence-electron chi connectivity index (χ0n) is 15.4. The number of urea groups is 1. The summed E-state index contributed by atoms with van der Waals surface area (Å²) in [4.78, 5) is 38.0. The van der Waals surface area contributed by atoms with E-state index < -0.39 is 23.7 Å². The third-order valence-corrected chi connectivity index (χ3v) is 4.24. The average molecular weight is 384 g/mol. The highest BCUT2D eigenvalue weighted by Gasteiger charge is 2.37. The van der Waals surface area contributed by atoms with Crippen LogP contribution >= 0.6 is 0 Å². The smallest absolute Gasteiger partial charge is 0.335 e. The van der Waals surface area contributed by atoms with Gasteiger partial charge in [0.15, 0.2) is 11.5 Å². The Morgan fingerprint density at radius 1 is 1.04 bits per heavy atom. The summed E-state index contributed by atoms with van der Waals surface area (Å²) >= 11 is 0. The van der Waals surface area contributed by atoms with E-state index in [1.165, 1.54) is 38.5 Å². The number of barbiturate groups is 1. The molecule has 7 nitrogen and oxygen atoms in total. The Hall–Kier alpha value is -3.68. The van der Waals surface area contributed by atoms with E-state index in [2.05, 4.69) is 5.32 Å². The van der Waals surface area contributed by atoms with Gasteiger partial charge in [0.05, 0.1) is 19.9 Å². The third kappa shape index (κ3) is 3.44. The summed E-state index contributed by atoms with van der Waals surface area (Å²) in [6.07, 6.45) is 1.35. The lowest BCUT2D eigenvalue weighted by atomic mass is 10.0. The van der Waals surface area contributed by atoms with Crippen LogP contribution in [0, 0.1) is 12.7 Å². The molecule has 1 fully saturated rings. The molecule has 0 saturated carbocycles. The van der Waals surface area contributed by atoms with Crippen LogP contribution in [0.4, 0.5) is 14.9 Å². The van der Waals surface area contributed by atoms with Crippen LogP contribution < -0.4 is 19.7 Å². The maximum Gasteiger partial charge on any atom is 0.335 e.